The first-order chi connectivity index (χ1) is 15.8. The number of carbonyl (C=O) groups is 3. The Morgan fingerprint density at radius 3 is 2.42 bits per heavy atom. The quantitative estimate of drug-likeness (QED) is 0.498. The van der Waals surface area contributed by atoms with Gasteiger partial charge in [0.2, 0.25) is 5.91 Å². The number of para-hydroxylation sites is 1. The molecule has 9 heteroatoms. The fourth-order valence-electron chi connectivity index (χ4n) is 3.75. The van der Waals surface area contributed by atoms with Crippen LogP contribution in [0.15, 0.2) is 53.4 Å². The highest BCUT2D eigenvalue weighted by atomic mass is 32.2. The highest BCUT2D eigenvalue weighted by Gasteiger charge is 2.42. The number of methoxy groups -OCH3 is 1. The Balaban J connectivity index is 1.61. The Hall–Kier alpha value is -3.17. The summed E-state index contributed by atoms with van der Waals surface area (Å²) in [5.41, 5.74) is 2.11. The van der Waals surface area contributed by atoms with Crippen LogP contribution in [0.25, 0.3) is 5.57 Å². The minimum absolute atomic E-state index is 0.183. The molecule has 0 aromatic heterocycles. The largest absolute Gasteiger partial charge is 0.497 e. The van der Waals surface area contributed by atoms with E-state index in [1.807, 2.05) is 19.9 Å². The van der Waals surface area contributed by atoms with Crippen molar-refractivity contribution in [3.63, 3.8) is 0 Å². The molecule has 7 nitrogen and oxygen atoms in total. The molecule has 1 N–H and O–H groups in total. The molecule has 0 bridgehead atoms. The van der Waals surface area contributed by atoms with Crippen molar-refractivity contribution in [2.45, 2.75) is 13.8 Å². The lowest BCUT2D eigenvalue weighted by atomic mass is 10.1. The van der Waals surface area contributed by atoms with E-state index in [0.717, 1.165) is 11.8 Å². The van der Waals surface area contributed by atoms with Gasteiger partial charge in [0.05, 0.1) is 23.3 Å². The zero-order valence-corrected chi connectivity index (χ0v) is 20.1. The molecule has 1 fully saturated rings. The van der Waals surface area contributed by atoms with Gasteiger partial charge in [-0.3, -0.25) is 24.2 Å². The zero-order valence-electron chi connectivity index (χ0n) is 18.5. The van der Waals surface area contributed by atoms with Crippen molar-refractivity contribution in [1.82, 2.24) is 4.90 Å². The number of nitrogens with zero attached hydrogens (tertiary/aromatic N) is 2. The fourth-order valence-corrected chi connectivity index (χ4v) is 5.09. The van der Waals surface area contributed by atoms with E-state index in [2.05, 4.69) is 5.32 Å². The van der Waals surface area contributed by atoms with Crippen LogP contribution in [0.4, 0.5) is 11.4 Å². The van der Waals surface area contributed by atoms with E-state index >= 15 is 0 Å². The van der Waals surface area contributed by atoms with E-state index in [1.54, 1.807) is 54.5 Å². The molecular formula is C24H23N3O4S2. The first kappa shape index (κ1) is 23.0. The molecule has 2 aromatic rings. The van der Waals surface area contributed by atoms with Gasteiger partial charge >= 0.3 is 0 Å². The van der Waals surface area contributed by atoms with Gasteiger partial charge in [-0.1, -0.05) is 56.0 Å². The number of thioether (sulfide) groups is 1. The number of anilines is 2. The van der Waals surface area contributed by atoms with Gasteiger partial charge in [-0.2, -0.15) is 0 Å². The number of hydrogen-bond donors (Lipinski definition) is 1. The second-order valence-corrected chi connectivity index (χ2v) is 9.71. The van der Waals surface area contributed by atoms with Gasteiger partial charge in [0.25, 0.3) is 11.8 Å². The summed E-state index contributed by atoms with van der Waals surface area (Å²) in [6.07, 6.45) is 0. The minimum Gasteiger partial charge on any atom is -0.497 e. The number of rotatable bonds is 6. The summed E-state index contributed by atoms with van der Waals surface area (Å²) >= 11 is 6.55. The van der Waals surface area contributed by atoms with E-state index in [-0.39, 0.29) is 30.2 Å². The minimum atomic E-state index is -0.383. The van der Waals surface area contributed by atoms with Crippen LogP contribution in [0.1, 0.15) is 19.4 Å². The van der Waals surface area contributed by atoms with E-state index in [1.165, 1.54) is 4.90 Å². The second kappa shape index (κ2) is 9.36. The highest BCUT2D eigenvalue weighted by Crippen LogP contribution is 2.44. The van der Waals surface area contributed by atoms with E-state index in [4.69, 9.17) is 17.0 Å². The van der Waals surface area contributed by atoms with Crippen LogP contribution >= 0.6 is 24.0 Å². The summed E-state index contributed by atoms with van der Waals surface area (Å²) < 4.78 is 5.57. The molecule has 2 heterocycles. The second-order valence-electron chi connectivity index (χ2n) is 8.07. The summed E-state index contributed by atoms with van der Waals surface area (Å²) in [6, 6.07) is 14.1. The summed E-state index contributed by atoms with van der Waals surface area (Å²) in [6.45, 7) is 4.32. The lowest BCUT2D eigenvalue weighted by Gasteiger charge is -2.17. The van der Waals surface area contributed by atoms with E-state index in [0.29, 0.717) is 44.0 Å². The molecule has 0 radical (unpaired) electrons. The van der Waals surface area contributed by atoms with Gasteiger partial charge in [-0.15, -0.1) is 0 Å². The maximum absolute atomic E-state index is 13.4. The molecule has 0 unspecified atom stereocenters. The third-order valence-electron chi connectivity index (χ3n) is 5.22. The van der Waals surface area contributed by atoms with Gasteiger partial charge in [0, 0.05) is 17.8 Å². The maximum Gasteiger partial charge on any atom is 0.267 e. The SMILES string of the molecule is COc1ccc(NC(=O)CN2C(=O)C(=C3SC(=S)N(CC(C)C)C3=O)c3ccccc32)cc1. The van der Waals surface area contributed by atoms with Crippen molar-refractivity contribution in [1.29, 1.82) is 0 Å². The Kier molecular flexibility index (Phi) is 6.53. The summed E-state index contributed by atoms with van der Waals surface area (Å²) in [5.74, 6) is -0.0814. The summed E-state index contributed by atoms with van der Waals surface area (Å²) in [4.78, 5) is 42.6. The average Bonchev–Trinajstić information content (AvgIpc) is 3.21. The summed E-state index contributed by atoms with van der Waals surface area (Å²) in [5, 5.41) is 2.79. The van der Waals surface area contributed by atoms with Gasteiger partial charge < -0.3 is 10.1 Å². The Bertz CT molecular complexity index is 1170. The Morgan fingerprint density at radius 2 is 1.76 bits per heavy atom. The fraction of sp³-hybridized carbons (Fsp3) is 0.250. The Morgan fingerprint density at radius 1 is 1.06 bits per heavy atom. The molecule has 170 valence electrons. The van der Waals surface area contributed by atoms with Crippen LogP contribution in [0.5, 0.6) is 5.75 Å². The van der Waals surface area contributed by atoms with Crippen LogP contribution in [-0.4, -0.2) is 47.1 Å². The molecule has 0 spiro atoms. The van der Waals surface area contributed by atoms with E-state index < -0.39 is 0 Å². The van der Waals surface area contributed by atoms with Gasteiger partial charge in [0.1, 0.15) is 16.6 Å². The monoisotopic (exact) mass is 481 g/mol. The number of amides is 3. The third-order valence-corrected chi connectivity index (χ3v) is 6.67. The number of nitrogens with one attached hydrogen (secondary N) is 1. The third kappa shape index (κ3) is 4.51. The normalized spacial score (nSPS) is 17.8. The van der Waals surface area contributed by atoms with Crippen LogP contribution in [0, 0.1) is 5.92 Å². The number of carbonyl (C=O) groups excluding carboxylic acids is 3. The highest BCUT2D eigenvalue weighted by molar-refractivity contribution is 8.26. The van der Waals surface area contributed by atoms with Crippen molar-refractivity contribution < 1.29 is 19.1 Å². The zero-order chi connectivity index (χ0) is 23.7. The molecule has 2 aromatic carbocycles. The molecule has 0 atom stereocenters. The molecule has 1 saturated heterocycles. The lowest BCUT2D eigenvalue weighted by molar-refractivity contribution is -0.122. The molecule has 2 aliphatic rings. The van der Waals surface area contributed by atoms with Gasteiger partial charge in [-0.05, 0) is 36.2 Å². The molecule has 2 aliphatic heterocycles. The molecule has 0 saturated carbocycles. The van der Waals surface area contributed by atoms with Crippen LogP contribution in [0.2, 0.25) is 0 Å². The molecule has 3 amide bonds. The van der Waals surface area contributed by atoms with Crippen molar-refractivity contribution >= 4 is 63.0 Å². The number of benzene rings is 2. The van der Waals surface area contributed by atoms with Crippen molar-refractivity contribution in [3.05, 3.63) is 59.0 Å². The van der Waals surface area contributed by atoms with Gasteiger partial charge in [0.15, 0.2) is 0 Å². The number of hydrogen-bond acceptors (Lipinski definition) is 6. The predicted molar refractivity (Wildman–Crippen MR) is 134 cm³/mol. The van der Waals surface area contributed by atoms with E-state index in [9.17, 15) is 14.4 Å². The first-order valence-corrected chi connectivity index (χ1v) is 11.7. The number of thiocarbonyl (C=S) groups is 1. The predicted octanol–water partition coefficient (Wildman–Crippen LogP) is 3.91. The number of ether oxygens (including phenoxy) is 1. The van der Waals surface area contributed by atoms with Crippen LogP contribution in [-0.2, 0) is 14.4 Å². The molecular weight excluding hydrogens is 458 g/mol. The van der Waals surface area contributed by atoms with Crippen LogP contribution in [0.3, 0.4) is 0 Å². The number of fused-ring (bicyclic) bond motifs is 1. The lowest BCUT2D eigenvalue weighted by Crippen LogP contribution is -2.36. The Labute approximate surface area is 201 Å². The average molecular weight is 482 g/mol. The maximum atomic E-state index is 13.4. The van der Waals surface area contributed by atoms with Gasteiger partial charge in [-0.25, -0.2) is 0 Å². The van der Waals surface area contributed by atoms with Crippen molar-refractivity contribution in [2.75, 3.05) is 30.4 Å². The van der Waals surface area contributed by atoms with Crippen LogP contribution < -0.4 is 15.0 Å². The molecule has 33 heavy (non-hydrogen) atoms. The molecule has 0 aliphatic carbocycles. The first-order valence-electron chi connectivity index (χ1n) is 10.4. The van der Waals surface area contributed by atoms with Crippen molar-refractivity contribution in [3.8, 4) is 5.75 Å². The summed E-state index contributed by atoms with van der Waals surface area (Å²) in [7, 11) is 1.57. The smallest absolute Gasteiger partial charge is 0.267 e. The van der Waals surface area contributed by atoms with Crippen molar-refractivity contribution in [2.24, 2.45) is 5.92 Å². The molecule has 4 rings (SSSR count). The topological polar surface area (TPSA) is 79.0 Å². The standard InChI is InChI=1S/C24H23N3O4S2/c1-14(2)12-27-23(30)21(33-24(27)32)20-17-6-4-5-7-18(17)26(22(20)29)13-19(28)25-15-8-10-16(31-3)11-9-15/h4-11,14H,12-13H2,1-3H3,(H,25,28).